The van der Waals surface area contributed by atoms with Crippen LogP contribution in [0.25, 0.3) is 0 Å². The van der Waals surface area contributed by atoms with E-state index in [0.29, 0.717) is 30.1 Å². The second-order valence-corrected chi connectivity index (χ2v) is 5.63. The zero-order valence-corrected chi connectivity index (χ0v) is 11.8. The number of hydrogen-bond donors (Lipinski definition) is 2. The molecule has 6 nitrogen and oxygen atoms in total. The van der Waals surface area contributed by atoms with Crippen molar-refractivity contribution in [3.8, 4) is 5.75 Å². The van der Waals surface area contributed by atoms with Gasteiger partial charge in [0.05, 0.1) is 11.8 Å². The van der Waals surface area contributed by atoms with Crippen molar-refractivity contribution in [2.75, 3.05) is 25.0 Å². The molecule has 1 aromatic carbocycles. The van der Waals surface area contributed by atoms with E-state index >= 15 is 0 Å². The molecule has 1 fully saturated rings. The third kappa shape index (κ3) is 2.71. The van der Waals surface area contributed by atoms with E-state index in [4.69, 9.17) is 4.74 Å². The first-order chi connectivity index (χ1) is 10.0. The van der Waals surface area contributed by atoms with Crippen LogP contribution in [0.3, 0.4) is 0 Å². The van der Waals surface area contributed by atoms with Gasteiger partial charge in [-0.3, -0.25) is 9.59 Å². The molecule has 0 aliphatic carbocycles. The summed E-state index contributed by atoms with van der Waals surface area (Å²) in [4.78, 5) is 25.5. The van der Waals surface area contributed by atoms with E-state index in [9.17, 15) is 14.7 Å². The lowest BCUT2D eigenvalue weighted by molar-refractivity contribution is -0.118. The van der Waals surface area contributed by atoms with Crippen LogP contribution in [0.1, 0.15) is 23.7 Å². The number of β-amino-alcohol motifs (C(OH)–C–C–N with tert-alkyl or cyclic N) is 1. The number of carbonyl (C=O) groups excluding carboxylic acids is 2. The summed E-state index contributed by atoms with van der Waals surface area (Å²) in [5.41, 5.74) is 1.00. The van der Waals surface area contributed by atoms with Crippen LogP contribution in [-0.4, -0.2) is 47.6 Å². The van der Waals surface area contributed by atoms with E-state index in [1.54, 1.807) is 23.1 Å². The van der Waals surface area contributed by atoms with E-state index in [1.807, 2.05) is 6.92 Å². The molecule has 6 heteroatoms. The van der Waals surface area contributed by atoms with Crippen LogP contribution in [0, 0.1) is 5.92 Å². The fourth-order valence-corrected chi connectivity index (χ4v) is 2.63. The van der Waals surface area contributed by atoms with Gasteiger partial charge in [0.2, 0.25) is 0 Å². The Labute approximate surface area is 122 Å². The average Bonchev–Trinajstić information content (AvgIpc) is 2.48. The highest BCUT2D eigenvalue weighted by molar-refractivity contribution is 5.99. The predicted octanol–water partition coefficient (Wildman–Crippen LogP) is 0.860. The quantitative estimate of drug-likeness (QED) is 0.804. The van der Waals surface area contributed by atoms with Gasteiger partial charge in [0, 0.05) is 18.7 Å². The number of hydrogen-bond acceptors (Lipinski definition) is 4. The molecule has 2 atom stereocenters. The van der Waals surface area contributed by atoms with Crippen molar-refractivity contribution in [3.63, 3.8) is 0 Å². The van der Waals surface area contributed by atoms with E-state index in [-0.39, 0.29) is 24.3 Å². The molecular formula is C15H18N2O4. The molecule has 0 aromatic heterocycles. The van der Waals surface area contributed by atoms with E-state index in [1.165, 1.54) is 0 Å². The van der Waals surface area contributed by atoms with E-state index in [2.05, 4.69) is 5.32 Å². The standard InChI is InChI=1S/C15H18N2O4/c1-9-4-5-17(7-12(9)18)15(20)10-2-3-13-11(6-10)16-14(19)8-21-13/h2-3,6,9,12,18H,4-5,7-8H2,1H3,(H,16,19). The van der Waals surface area contributed by atoms with Gasteiger partial charge in [-0.2, -0.15) is 0 Å². The maximum absolute atomic E-state index is 12.5. The Hall–Kier alpha value is -2.08. The summed E-state index contributed by atoms with van der Waals surface area (Å²) >= 11 is 0. The summed E-state index contributed by atoms with van der Waals surface area (Å²) in [6.45, 7) is 2.96. The summed E-state index contributed by atoms with van der Waals surface area (Å²) in [5, 5.41) is 12.6. The fraction of sp³-hybridized carbons (Fsp3) is 0.467. The van der Waals surface area contributed by atoms with Gasteiger partial charge in [0.25, 0.3) is 11.8 Å². The maximum atomic E-state index is 12.5. The lowest BCUT2D eigenvalue weighted by atomic mass is 9.95. The van der Waals surface area contributed by atoms with Crippen molar-refractivity contribution in [3.05, 3.63) is 23.8 Å². The highest BCUT2D eigenvalue weighted by atomic mass is 16.5. The Morgan fingerprint density at radius 3 is 3.05 bits per heavy atom. The van der Waals surface area contributed by atoms with E-state index < -0.39 is 6.10 Å². The zero-order valence-electron chi connectivity index (χ0n) is 11.8. The Morgan fingerprint density at radius 2 is 2.29 bits per heavy atom. The number of piperidine rings is 1. The molecule has 2 heterocycles. The molecule has 3 rings (SSSR count). The van der Waals surface area contributed by atoms with Gasteiger partial charge in [-0.1, -0.05) is 6.92 Å². The summed E-state index contributed by atoms with van der Waals surface area (Å²) in [5.74, 6) is 0.418. The van der Waals surface area contributed by atoms with Crippen molar-refractivity contribution in [2.24, 2.45) is 5.92 Å². The molecule has 0 radical (unpaired) electrons. The minimum absolute atomic E-state index is 0.00347. The van der Waals surface area contributed by atoms with Crippen LogP contribution >= 0.6 is 0 Å². The van der Waals surface area contributed by atoms with Gasteiger partial charge in [-0.15, -0.1) is 0 Å². The van der Waals surface area contributed by atoms with Gasteiger partial charge in [0.1, 0.15) is 5.75 Å². The lowest BCUT2D eigenvalue weighted by Gasteiger charge is -2.34. The number of anilines is 1. The Balaban J connectivity index is 1.79. The number of nitrogens with one attached hydrogen (secondary N) is 1. The molecule has 2 unspecified atom stereocenters. The SMILES string of the molecule is CC1CCN(C(=O)c2ccc3c(c2)NC(=O)CO3)CC1O. The number of amides is 2. The molecule has 2 amide bonds. The highest BCUT2D eigenvalue weighted by Gasteiger charge is 2.28. The number of aliphatic hydroxyl groups is 1. The van der Waals surface area contributed by atoms with Crippen LogP contribution in [0.4, 0.5) is 5.69 Å². The van der Waals surface area contributed by atoms with Crippen LogP contribution < -0.4 is 10.1 Å². The molecule has 0 spiro atoms. The second-order valence-electron chi connectivity index (χ2n) is 5.63. The third-order valence-electron chi connectivity index (χ3n) is 4.07. The number of likely N-dealkylation sites (tertiary alicyclic amines) is 1. The van der Waals surface area contributed by atoms with Crippen LogP contribution in [0.5, 0.6) is 5.75 Å². The smallest absolute Gasteiger partial charge is 0.262 e. The summed E-state index contributed by atoms with van der Waals surface area (Å²) < 4.78 is 5.27. The Morgan fingerprint density at radius 1 is 1.48 bits per heavy atom. The summed E-state index contributed by atoms with van der Waals surface area (Å²) in [6.07, 6.45) is 0.306. The van der Waals surface area contributed by atoms with Crippen LogP contribution in [0.15, 0.2) is 18.2 Å². The van der Waals surface area contributed by atoms with E-state index in [0.717, 1.165) is 6.42 Å². The number of ether oxygens (including phenoxy) is 1. The van der Waals surface area contributed by atoms with Crippen molar-refractivity contribution in [2.45, 2.75) is 19.4 Å². The van der Waals surface area contributed by atoms with Gasteiger partial charge in [-0.25, -0.2) is 0 Å². The fourth-order valence-electron chi connectivity index (χ4n) is 2.63. The Kier molecular flexibility index (Phi) is 3.55. The Bertz CT molecular complexity index is 587. The number of fused-ring (bicyclic) bond motifs is 1. The minimum Gasteiger partial charge on any atom is -0.482 e. The number of aliphatic hydroxyl groups excluding tert-OH is 1. The number of carbonyl (C=O) groups is 2. The zero-order chi connectivity index (χ0) is 15.0. The third-order valence-corrected chi connectivity index (χ3v) is 4.07. The largest absolute Gasteiger partial charge is 0.482 e. The minimum atomic E-state index is -0.483. The van der Waals surface area contributed by atoms with Crippen molar-refractivity contribution >= 4 is 17.5 Å². The lowest BCUT2D eigenvalue weighted by Crippen LogP contribution is -2.45. The van der Waals surface area contributed by atoms with Crippen LogP contribution in [0.2, 0.25) is 0 Å². The predicted molar refractivity (Wildman–Crippen MR) is 76.3 cm³/mol. The monoisotopic (exact) mass is 290 g/mol. The molecule has 0 bridgehead atoms. The molecule has 1 aromatic rings. The molecule has 112 valence electrons. The maximum Gasteiger partial charge on any atom is 0.262 e. The van der Waals surface area contributed by atoms with Gasteiger partial charge in [-0.05, 0) is 30.5 Å². The summed E-state index contributed by atoms with van der Waals surface area (Å²) in [6, 6.07) is 4.99. The molecular weight excluding hydrogens is 272 g/mol. The number of rotatable bonds is 1. The van der Waals surface area contributed by atoms with Crippen molar-refractivity contribution in [1.82, 2.24) is 4.90 Å². The first-order valence-corrected chi connectivity index (χ1v) is 7.08. The van der Waals surface area contributed by atoms with Gasteiger partial charge >= 0.3 is 0 Å². The summed E-state index contributed by atoms with van der Waals surface area (Å²) in [7, 11) is 0. The molecule has 2 aliphatic heterocycles. The molecule has 1 saturated heterocycles. The first kappa shape index (κ1) is 13.9. The normalized spacial score (nSPS) is 24.9. The molecule has 2 N–H and O–H groups in total. The number of nitrogens with zero attached hydrogens (tertiary/aromatic N) is 1. The van der Waals surface area contributed by atoms with Gasteiger partial charge in [0.15, 0.2) is 6.61 Å². The topological polar surface area (TPSA) is 78.9 Å². The molecule has 2 aliphatic rings. The average molecular weight is 290 g/mol. The van der Waals surface area contributed by atoms with Crippen molar-refractivity contribution in [1.29, 1.82) is 0 Å². The van der Waals surface area contributed by atoms with Gasteiger partial charge < -0.3 is 20.1 Å². The van der Waals surface area contributed by atoms with Crippen molar-refractivity contribution < 1.29 is 19.4 Å². The highest BCUT2D eigenvalue weighted by Crippen LogP contribution is 2.29. The second kappa shape index (κ2) is 5.37. The molecule has 0 saturated carbocycles. The number of benzene rings is 1. The first-order valence-electron chi connectivity index (χ1n) is 7.08. The van der Waals surface area contributed by atoms with Crippen LogP contribution in [-0.2, 0) is 4.79 Å². The molecule has 21 heavy (non-hydrogen) atoms.